The van der Waals surface area contributed by atoms with E-state index in [0.717, 1.165) is 14.3 Å². The summed E-state index contributed by atoms with van der Waals surface area (Å²) in [5.74, 6) is -0.875. The van der Waals surface area contributed by atoms with E-state index in [1.807, 2.05) is 24.3 Å². The number of hydrogen-bond acceptors (Lipinski definition) is 1. The van der Waals surface area contributed by atoms with Crippen molar-refractivity contribution in [3.8, 4) is 0 Å². The van der Waals surface area contributed by atoms with Gasteiger partial charge in [0.25, 0.3) is 0 Å². The van der Waals surface area contributed by atoms with E-state index < -0.39 is 5.97 Å². The van der Waals surface area contributed by atoms with Crippen LogP contribution in [0.15, 0.2) is 36.4 Å². The van der Waals surface area contributed by atoms with E-state index in [-0.39, 0.29) is 24.8 Å². The molecule has 0 aliphatic carbocycles. The third-order valence-corrected chi connectivity index (χ3v) is 2.98. The summed E-state index contributed by atoms with van der Waals surface area (Å²) in [6.07, 6.45) is 0. The molecular formula is C11H9Cl2IO2. The van der Waals surface area contributed by atoms with E-state index in [1.165, 1.54) is 0 Å². The van der Waals surface area contributed by atoms with E-state index in [9.17, 15) is 4.79 Å². The third kappa shape index (κ3) is 2.78. The van der Waals surface area contributed by atoms with E-state index in [4.69, 9.17) is 5.11 Å². The number of fused-ring (bicyclic) bond motifs is 1. The zero-order valence-corrected chi connectivity index (χ0v) is 11.8. The molecule has 0 saturated heterocycles. The summed E-state index contributed by atoms with van der Waals surface area (Å²) in [7, 11) is 0. The molecular weight excluding hydrogens is 362 g/mol. The molecule has 0 spiro atoms. The second-order valence-electron chi connectivity index (χ2n) is 2.95. The highest BCUT2D eigenvalue weighted by atomic mass is 127. The monoisotopic (exact) mass is 370 g/mol. The van der Waals surface area contributed by atoms with Gasteiger partial charge in [-0.1, -0.05) is 24.3 Å². The fourth-order valence-corrected chi connectivity index (χ4v) is 2.28. The van der Waals surface area contributed by atoms with Crippen molar-refractivity contribution in [2.75, 3.05) is 0 Å². The first kappa shape index (κ1) is 15.5. The van der Waals surface area contributed by atoms with Crippen LogP contribution in [0.25, 0.3) is 10.8 Å². The lowest BCUT2D eigenvalue weighted by atomic mass is 10.1. The van der Waals surface area contributed by atoms with Crippen LogP contribution in [0.2, 0.25) is 0 Å². The number of hydrogen-bond donors (Lipinski definition) is 1. The summed E-state index contributed by atoms with van der Waals surface area (Å²) in [4.78, 5) is 11.0. The molecule has 2 aromatic rings. The van der Waals surface area contributed by atoms with Crippen LogP contribution in [0.3, 0.4) is 0 Å². The van der Waals surface area contributed by atoms with Crippen molar-refractivity contribution in [1.29, 1.82) is 0 Å². The predicted molar refractivity (Wildman–Crippen MR) is 78.1 cm³/mol. The molecule has 0 fully saturated rings. The van der Waals surface area contributed by atoms with E-state index in [2.05, 4.69) is 22.6 Å². The van der Waals surface area contributed by atoms with Crippen LogP contribution in [-0.4, -0.2) is 11.1 Å². The predicted octanol–water partition coefficient (Wildman–Crippen LogP) is 3.99. The van der Waals surface area contributed by atoms with E-state index in [0.29, 0.717) is 5.56 Å². The van der Waals surface area contributed by atoms with Gasteiger partial charge in [0, 0.05) is 8.96 Å². The summed E-state index contributed by atoms with van der Waals surface area (Å²) in [6.45, 7) is 0. The van der Waals surface area contributed by atoms with Crippen LogP contribution in [0.5, 0.6) is 0 Å². The van der Waals surface area contributed by atoms with Gasteiger partial charge < -0.3 is 5.11 Å². The van der Waals surface area contributed by atoms with Crippen molar-refractivity contribution in [1.82, 2.24) is 0 Å². The number of benzene rings is 2. The van der Waals surface area contributed by atoms with Crippen LogP contribution in [0, 0.1) is 3.57 Å². The van der Waals surface area contributed by atoms with Crippen molar-refractivity contribution in [3.05, 3.63) is 45.5 Å². The quantitative estimate of drug-likeness (QED) is 0.770. The van der Waals surface area contributed by atoms with Crippen LogP contribution < -0.4 is 0 Å². The number of aromatic carboxylic acids is 1. The Balaban J connectivity index is 0.00000112. The molecule has 16 heavy (non-hydrogen) atoms. The van der Waals surface area contributed by atoms with Gasteiger partial charge in [-0.2, -0.15) is 0 Å². The molecule has 0 unspecified atom stereocenters. The minimum atomic E-state index is -0.875. The normalized spacial score (nSPS) is 9.06. The molecule has 0 aliphatic heterocycles. The van der Waals surface area contributed by atoms with Gasteiger partial charge in [0.15, 0.2) is 0 Å². The second kappa shape index (κ2) is 6.27. The van der Waals surface area contributed by atoms with Crippen LogP contribution in [0.1, 0.15) is 10.4 Å². The van der Waals surface area contributed by atoms with Crippen LogP contribution in [0.4, 0.5) is 0 Å². The van der Waals surface area contributed by atoms with Gasteiger partial charge in [0.1, 0.15) is 0 Å². The summed E-state index contributed by atoms with van der Waals surface area (Å²) in [5, 5.41) is 10.8. The fraction of sp³-hybridized carbons (Fsp3) is 0. The second-order valence-corrected chi connectivity index (χ2v) is 4.11. The van der Waals surface area contributed by atoms with Crippen molar-refractivity contribution in [2.45, 2.75) is 0 Å². The highest BCUT2D eigenvalue weighted by Gasteiger charge is 2.09. The first-order chi connectivity index (χ1) is 6.70. The zero-order valence-electron chi connectivity index (χ0n) is 8.01. The zero-order chi connectivity index (χ0) is 10.1. The fourth-order valence-electron chi connectivity index (χ4n) is 1.47. The molecule has 86 valence electrons. The lowest BCUT2D eigenvalue weighted by molar-refractivity contribution is 0.0699. The molecule has 2 nitrogen and oxygen atoms in total. The Hall–Kier alpha value is -0.520. The van der Waals surface area contributed by atoms with Gasteiger partial charge in [-0.25, -0.2) is 4.79 Å². The maximum atomic E-state index is 11.0. The van der Waals surface area contributed by atoms with Gasteiger partial charge in [0.2, 0.25) is 0 Å². The molecule has 2 rings (SSSR count). The molecule has 0 heterocycles. The average Bonchev–Trinajstić information content (AvgIpc) is 2.17. The van der Waals surface area contributed by atoms with Gasteiger partial charge in [-0.15, -0.1) is 24.8 Å². The lowest BCUT2D eigenvalue weighted by Gasteiger charge is -2.03. The highest BCUT2D eigenvalue weighted by molar-refractivity contribution is 14.1. The molecule has 1 N–H and O–H groups in total. The summed E-state index contributed by atoms with van der Waals surface area (Å²) >= 11 is 2.15. The van der Waals surface area contributed by atoms with Crippen molar-refractivity contribution >= 4 is 64.1 Å². The highest BCUT2D eigenvalue weighted by Crippen LogP contribution is 2.24. The topological polar surface area (TPSA) is 37.3 Å². The number of carboxylic acids is 1. The summed E-state index contributed by atoms with van der Waals surface area (Å²) < 4.78 is 0.970. The van der Waals surface area contributed by atoms with Gasteiger partial charge in [-0.05, 0) is 40.1 Å². The molecule has 0 aromatic heterocycles. The molecule has 0 saturated carbocycles. The van der Waals surface area contributed by atoms with Crippen LogP contribution >= 0.6 is 47.4 Å². The van der Waals surface area contributed by atoms with Crippen molar-refractivity contribution in [3.63, 3.8) is 0 Å². The van der Waals surface area contributed by atoms with Gasteiger partial charge in [0.05, 0.1) is 5.56 Å². The Bertz CT molecular complexity index is 509. The Labute approximate surface area is 119 Å². The Morgan fingerprint density at radius 1 is 1.06 bits per heavy atom. The van der Waals surface area contributed by atoms with E-state index >= 15 is 0 Å². The van der Waals surface area contributed by atoms with Gasteiger partial charge >= 0.3 is 5.97 Å². The molecule has 0 atom stereocenters. The van der Waals surface area contributed by atoms with Crippen LogP contribution in [-0.2, 0) is 0 Å². The number of halogens is 3. The Morgan fingerprint density at radius 2 is 1.62 bits per heavy atom. The van der Waals surface area contributed by atoms with E-state index in [1.54, 1.807) is 12.1 Å². The first-order valence-electron chi connectivity index (χ1n) is 4.10. The Kier molecular flexibility index (Phi) is 6.07. The Morgan fingerprint density at radius 3 is 2.19 bits per heavy atom. The van der Waals surface area contributed by atoms with Crippen molar-refractivity contribution < 1.29 is 9.90 Å². The SMILES string of the molecule is Cl.Cl.O=C(O)c1cccc2cccc(I)c12. The van der Waals surface area contributed by atoms with Crippen molar-refractivity contribution in [2.24, 2.45) is 0 Å². The minimum absolute atomic E-state index is 0. The summed E-state index contributed by atoms with van der Waals surface area (Å²) in [6, 6.07) is 11.1. The maximum Gasteiger partial charge on any atom is 0.336 e. The maximum absolute atomic E-state index is 11.0. The number of carboxylic acid groups (broad SMARTS) is 1. The lowest BCUT2D eigenvalue weighted by Crippen LogP contribution is -1.98. The number of carbonyl (C=O) groups is 1. The molecule has 0 radical (unpaired) electrons. The largest absolute Gasteiger partial charge is 0.478 e. The van der Waals surface area contributed by atoms with Gasteiger partial charge in [-0.3, -0.25) is 0 Å². The molecule has 0 aliphatic rings. The average molecular weight is 371 g/mol. The third-order valence-electron chi connectivity index (χ3n) is 2.08. The standard InChI is InChI=1S/C11H7IO2.2ClH/c12-9-6-2-4-7-3-1-5-8(10(7)9)11(13)14;;/h1-6H,(H,13,14);2*1H. The molecule has 2 aromatic carbocycles. The molecule has 5 heteroatoms. The molecule has 0 bridgehead atoms. The number of rotatable bonds is 1. The molecule has 0 amide bonds. The smallest absolute Gasteiger partial charge is 0.336 e. The minimum Gasteiger partial charge on any atom is -0.478 e. The summed E-state index contributed by atoms with van der Waals surface area (Å²) in [5.41, 5.74) is 0.368. The first-order valence-corrected chi connectivity index (χ1v) is 5.18.